The van der Waals surface area contributed by atoms with Gasteiger partial charge in [-0.25, -0.2) is 0 Å². The van der Waals surface area contributed by atoms with Crippen LogP contribution < -0.4 is 5.73 Å². The lowest BCUT2D eigenvalue weighted by molar-refractivity contribution is 0.103. The van der Waals surface area contributed by atoms with Gasteiger partial charge in [-0.15, -0.1) is 11.8 Å². The van der Waals surface area contributed by atoms with Gasteiger partial charge >= 0.3 is 0 Å². The van der Waals surface area contributed by atoms with E-state index in [4.69, 9.17) is 5.73 Å². The largest absolute Gasteiger partial charge is 0.399 e. The van der Waals surface area contributed by atoms with E-state index in [1.807, 2.05) is 25.1 Å². The van der Waals surface area contributed by atoms with Crippen molar-refractivity contribution in [2.75, 3.05) is 5.73 Å². The first kappa shape index (κ1) is 14.7. The summed E-state index contributed by atoms with van der Waals surface area (Å²) in [5.74, 6) is 0.0526. The summed E-state index contributed by atoms with van der Waals surface area (Å²) in [7, 11) is 0. The molecule has 0 heterocycles. The minimum absolute atomic E-state index is 0.0526. The Morgan fingerprint density at radius 1 is 1.10 bits per heavy atom. The molecule has 0 fully saturated rings. The van der Waals surface area contributed by atoms with Crippen LogP contribution in [0.25, 0.3) is 0 Å². The zero-order chi connectivity index (χ0) is 14.7. The zero-order valence-electron chi connectivity index (χ0n) is 12.0. The van der Waals surface area contributed by atoms with Crippen LogP contribution >= 0.6 is 11.8 Å². The second-order valence-electron chi connectivity index (χ2n) is 5.12. The molecule has 0 bridgehead atoms. The summed E-state index contributed by atoms with van der Waals surface area (Å²) in [4.78, 5) is 13.7. The van der Waals surface area contributed by atoms with E-state index in [1.165, 1.54) is 0 Å². The van der Waals surface area contributed by atoms with E-state index >= 15 is 0 Å². The fourth-order valence-electron chi connectivity index (χ4n) is 1.97. The summed E-state index contributed by atoms with van der Waals surface area (Å²) in [6.45, 7) is 6.26. The van der Waals surface area contributed by atoms with Gasteiger partial charge in [0.15, 0.2) is 5.78 Å². The van der Waals surface area contributed by atoms with Crippen LogP contribution in [0.2, 0.25) is 0 Å². The van der Waals surface area contributed by atoms with Gasteiger partial charge in [-0.3, -0.25) is 4.79 Å². The lowest BCUT2D eigenvalue weighted by Gasteiger charge is -2.11. The first-order valence-corrected chi connectivity index (χ1v) is 7.53. The average molecular weight is 285 g/mol. The van der Waals surface area contributed by atoms with Gasteiger partial charge in [0.2, 0.25) is 0 Å². The maximum Gasteiger partial charge on any atom is 0.194 e. The van der Waals surface area contributed by atoms with Crippen molar-refractivity contribution in [2.45, 2.75) is 30.9 Å². The molecule has 0 atom stereocenters. The average Bonchev–Trinajstić information content (AvgIpc) is 2.40. The Balaban J connectivity index is 2.42. The van der Waals surface area contributed by atoms with Gasteiger partial charge in [-0.2, -0.15) is 0 Å². The molecule has 0 aliphatic carbocycles. The second-order valence-corrected chi connectivity index (χ2v) is 6.74. The maximum absolute atomic E-state index is 12.7. The summed E-state index contributed by atoms with van der Waals surface area (Å²) >= 11 is 1.71. The molecule has 0 unspecified atom stereocenters. The van der Waals surface area contributed by atoms with E-state index in [9.17, 15) is 4.79 Å². The molecule has 0 saturated carbocycles. The highest BCUT2D eigenvalue weighted by Crippen LogP contribution is 2.29. The Kier molecular flexibility index (Phi) is 4.50. The Hall–Kier alpha value is -1.74. The van der Waals surface area contributed by atoms with Gasteiger partial charge in [0.1, 0.15) is 0 Å². The van der Waals surface area contributed by atoms with Crippen LogP contribution in [0.5, 0.6) is 0 Å². The zero-order valence-corrected chi connectivity index (χ0v) is 12.8. The number of carbonyl (C=O) groups is 1. The van der Waals surface area contributed by atoms with Crippen LogP contribution in [0.1, 0.15) is 35.3 Å². The molecule has 0 aromatic heterocycles. The molecule has 0 aliphatic heterocycles. The number of aryl methyl sites for hydroxylation is 1. The number of benzene rings is 2. The van der Waals surface area contributed by atoms with Gasteiger partial charge in [0.25, 0.3) is 0 Å². The predicted molar refractivity (Wildman–Crippen MR) is 86.5 cm³/mol. The second kappa shape index (κ2) is 6.14. The van der Waals surface area contributed by atoms with E-state index in [1.54, 1.807) is 36.0 Å². The standard InChI is InChI=1S/C17H19NOS/c1-11(2)20-16-9-4-12(3)10-15(16)17(19)13-5-7-14(18)8-6-13/h4-11H,18H2,1-3H3. The van der Waals surface area contributed by atoms with Gasteiger partial charge in [-0.05, 0) is 43.3 Å². The maximum atomic E-state index is 12.7. The molecule has 2 aromatic carbocycles. The number of rotatable bonds is 4. The van der Waals surface area contributed by atoms with Crippen LogP contribution in [0.4, 0.5) is 5.69 Å². The number of hydrogen-bond acceptors (Lipinski definition) is 3. The van der Waals surface area contributed by atoms with Crippen LogP contribution in [0.3, 0.4) is 0 Å². The van der Waals surface area contributed by atoms with Crippen LogP contribution in [0.15, 0.2) is 47.4 Å². The third-order valence-electron chi connectivity index (χ3n) is 2.92. The van der Waals surface area contributed by atoms with Crippen molar-refractivity contribution >= 4 is 23.2 Å². The molecule has 0 saturated heterocycles. The predicted octanol–water partition coefficient (Wildman–Crippen LogP) is 4.31. The first-order valence-electron chi connectivity index (χ1n) is 6.65. The van der Waals surface area contributed by atoms with Gasteiger partial charge in [-0.1, -0.05) is 25.5 Å². The van der Waals surface area contributed by atoms with E-state index in [2.05, 4.69) is 13.8 Å². The quantitative estimate of drug-likeness (QED) is 0.517. The first-order chi connectivity index (χ1) is 9.47. The molecule has 104 valence electrons. The number of thioether (sulfide) groups is 1. The molecule has 2 N–H and O–H groups in total. The van der Waals surface area contributed by atoms with E-state index in [-0.39, 0.29) is 5.78 Å². The number of hydrogen-bond donors (Lipinski definition) is 1. The molecule has 2 rings (SSSR count). The number of ketones is 1. The summed E-state index contributed by atoms with van der Waals surface area (Å²) in [6.07, 6.45) is 0. The van der Waals surface area contributed by atoms with Crippen LogP contribution in [0, 0.1) is 6.92 Å². The molecule has 0 amide bonds. The number of nitrogens with two attached hydrogens (primary N) is 1. The third-order valence-corrected chi connectivity index (χ3v) is 4.00. The van der Waals surface area contributed by atoms with E-state index in [0.717, 1.165) is 16.0 Å². The lowest BCUT2D eigenvalue weighted by Crippen LogP contribution is -2.05. The molecule has 0 spiro atoms. The normalized spacial score (nSPS) is 10.8. The molecule has 20 heavy (non-hydrogen) atoms. The molecule has 0 aliphatic rings. The Bertz CT molecular complexity index is 617. The topological polar surface area (TPSA) is 43.1 Å². The lowest BCUT2D eigenvalue weighted by atomic mass is 10.0. The SMILES string of the molecule is Cc1ccc(SC(C)C)c(C(=O)c2ccc(N)cc2)c1. The summed E-state index contributed by atoms with van der Waals surface area (Å²) in [5.41, 5.74) is 8.88. The molecular weight excluding hydrogens is 266 g/mol. The van der Waals surface area contributed by atoms with Crippen molar-refractivity contribution < 1.29 is 4.79 Å². The highest BCUT2D eigenvalue weighted by molar-refractivity contribution is 8.00. The highest BCUT2D eigenvalue weighted by atomic mass is 32.2. The fourth-order valence-corrected chi connectivity index (χ4v) is 2.90. The van der Waals surface area contributed by atoms with Crippen molar-refractivity contribution in [3.05, 3.63) is 59.2 Å². The molecule has 0 radical (unpaired) electrons. The number of carbonyl (C=O) groups excluding carboxylic acids is 1. The summed E-state index contributed by atoms with van der Waals surface area (Å²) < 4.78 is 0. The summed E-state index contributed by atoms with van der Waals surface area (Å²) in [5, 5.41) is 0.440. The molecule has 2 nitrogen and oxygen atoms in total. The smallest absolute Gasteiger partial charge is 0.194 e. The van der Waals surface area contributed by atoms with Crippen LogP contribution in [-0.4, -0.2) is 11.0 Å². The number of anilines is 1. The monoisotopic (exact) mass is 285 g/mol. The van der Waals surface area contributed by atoms with Crippen molar-refractivity contribution in [3.8, 4) is 0 Å². The Morgan fingerprint density at radius 3 is 2.35 bits per heavy atom. The van der Waals surface area contributed by atoms with Gasteiger partial charge < -0.3 is 5.73 Å². The molecular formula is C17H19NOS. The van der Waals surface area contributed by atoms with Crippen molar-refractivity contribution in [3.63, 3.8) is 0 Å². The Morgan fingerprint density at radius 2 is 1.75 bits per heavy atom. The minimum atomic E-state index is 0.0526. The molecule has 2 aromatic rings. The Labute approximate surface area is 124 Å². The minimum Gasteiger partial charge on any atom is -0.399 e. The van der Waals surface area contributed by atoms with Gasteiger partial charge in [0, 0.05) is 27.0 Å². The van der Waals surface area contributed by atoms with Crippen molar-refractivity contribution in [1.82, 2.24) is 0 Å². The van der Waals surface area contributed by atoms with Gasteiger partial charge in [0.05, 0.1) is 0 Å². The highest BCUT2D eigenvalue weighted by Gasteiger charge is 2.15. The third kappa shape index (κ3) is 3.42. The van der Waals surface area contributed by atoms with Crippen LogP contribution in [-0.2, 0) is 0 Å². The fraction of sp³-hybridized carbons (Fsp3) is 0.235. The molecule has 3 heteroatoms. The summed E-state index contributed by atoms with van der Waals surface area (Å²) in [6, 6.07) is 13.1. The van der Waals surface area contributed by atoms with E-state index < -0.39 is 0 Å². The number of nitrogen functional groups attached to an aromatic ring is 1. The van der Waals surface area contributed by atoms with Crippen molar-refractivity contribution in [1.29, 1.82) is 0 Å². The van der Waals surface area contributed by atoms with Crippen molar-refractivity contribution in [2.24, 2.45) is 0 Å². The van der Waals surface area contributed by atoms with E-state index in [0.29, 0.717) is 16.5 Å².